The van der Waals surface area contributed by atoms with Gasteiger partial charge in [-0.1, -0.05) is 6.92 Å². The second-order valence-electron chi connectivity index (χ2n) is 3.62. The SMILES string of the molecule is CCC(=O)CCCNC(=O)C1=C(C(=O)O)SCS1. The summed E-state index contributed by atoms with van der Waals surface area (Å²) in [6.07, 6.45) is 1.55. The van der Waals surface area contributed by atoms with E-state index in [9.17, 15) is 14.4 Å². The van der Waals surface area contributed by atoms with Gasteiger partial charge in [-0.3, -0.25) is 9.59 Å². The highest BCUT2D eigenvalue weighted by atomic mass is 32.2. The minimum atomic E-state index is -1.06. The van der Waals surface area contributed by atoms with Crippen LogP contribution in [-0.4, -0.2) is 34.4 Å². The molecule has 0 aromatic rings. The lowest BCUT2D eigenvalue weighted by atomic mass is 10.2. The molecule has 0 aliphatic carbocycles. The number of amides is 1. The third-order valence-electron chi connectivity index (χ3n) is 2.33. The zero-order valence-corrected chi connectivity index (χ0v) is 11.7. The number of carboxylic acid groups (broad SMARTS) is 1. The molecule has 18 heavy (non-hydrogen) atoms. The van der Waals surface area contributed by atoms with Gasteiger partial charge in [0.25, 0.3) is 5.91 Å². The summed E-state index contributed by atoms with van der Waals surface area (Å²) in [6, 6.07) is 0. The number of carbonyl (C=O) groups excluding carboxylic acids is 2. The summed E-state index contributed by atoms with van der Waals surface area (Å²) >= 11 is 2.40. The van der Waals surface area contributed by atoms with Crippen LogP contribution in [0.1, 0.15) is 26.2 Å². The second-order valence-corrected chi connectivity index (χ2v) is 5.96. The molecule has 7 heteroatoms. The van der Waals surface area contributed by atoms with E-state index >= 15 is 0 Å². The van der Waals surface area contributed by atoms with Gasteiger partial charge in [0.2, 0.25) is 0 Å². The van der Waals surface area contributed by atoms with Crippen molar-refractivity contribution in [3.63, 3.8) is 0 Å². The number of hydrogen-bond acceptors (Lipinski definition) is 5. The summed E-state index contributed by atoms with van der Waals surface area (Å²) in [7, 11) is 0. The van der Waals surface area contributed by atoms with Crippen molar-refractivity contribution in [3.8, 4) is 0 Å². The van der Waals surface area contributed by atoms with Crippen molar-refractivity contribution >= 4 is 41.2 Å². The van der Waals surface area contributed by atoms with E-state index in [2.05, 4.69) is 5.32 Å². The molecule has 0 radical (unpaired) electrons. The van der Waals surface area contributed by atoms with Gasteiger partial charge in [0.1, 0.15) is 10.7 Å². The molecule has 1 aliphatic rings. The Labute approximate surface area is 114 Å². The standard InChI is InChI=1S/C11H15NO4S2/c1-2-7(13)4-3-5-12-10(14)8-9(11(15)16)18-6-17-8/h2-6H2,1H3,(H,12,14)(H,15,16). The average molecular weight is 289 g/mol. The van der Waals surface area contributed by atoms with Crippen LogP contribution in [0, 0.1) is 0 Å². The average Bonchev–Trinajstić information content (AvgIpc) is 2.83. The fraction of sp³-hybridized carbons (Fsp3) is 0.545. The molecule has 1 rings (SSSR count). The van der Waals surface area contributed by atoms with E-state index in [1.54, 1.807) is 6.92 Å². The Morgan fingerprint density at radius 1 is 1.28 bits per heavy atom. The summed E-state index contributed by atoms with van der Waals surface area (Å²) in [5.74, 6) is -1.25. The lowest BCUT2D eigenvalue weighted by molar-refractivity contribution is -0.132. The molecule has 0 saturated heterocycles. The minimum Gasteiger partial charge on any atom is -0.477 e. The molecule has 0 saturated carbocycles. The number of thioether (sulfide) groups is 2. The molecule has 0 bridgehead atoms. The smallest absolute Gasteiger partial charge is 0.343 e. The van der Waals surface area contributed by atoms with Crippen molar-refractivity contribution in [2.45, 2.75) is 26.2 Å². The zero-order valence-electron chi connectivity index (χ0n) is 10.0. The van der Waals surface area contributed by atoms with Crippen LogP contribution in [-0.2, 0) is 14.4 Å². The van der Waals surface area contributed by atoms with Crippen molar-refractivity contribution in [3.05, 3.63) is 9.81 Å². The molecule has 0 spiro atoms. The van der Waals surface area contributed by atoms with Crippen molar-refractivity contribution in [1.29, 1.82) is 0 Å². The van der Waals surface area contributed by atoms with Gasteiger partial charge < -0.3 is 10.4 Å². The number of hydrogen-bond donors (Lipinski definition) is 2. The fourth-order valence-corrected chi connectivity index (χ4v) is 3.65. The first kappa shape index (κ1) is 15.1. The van der Waals surface area contributed by atoms with Gasteiger partial charge in [0.05, 0.1) is 4.91 Å². The summed E-state index contributed by atoms with van der Waals surface area (Å²) in [5.41, 5.74) is 0. The van der Waals surface area contributed by atoms with E-state index in [1.807, 2.05) is 0 Å². The van der Waals surface area contributed by atoms with Crippen molar-refractivity contribution in [1.82, 2.24) is 5.32 Å². The van der Waals surface area contributed by atoms with Gasteiger partial charge in [-0.05, 0) is 6.42 Å². The lowest BCUT2D eigenvalue weighted by Crippen LogP contribution is -2.26. The normalized spacial score (nSPS) is 14.7. The van der Waals surface area contributed by atoms with Gasteiger partial charge in [0, 0.05) is 24.5 Å². The van der Waals surface area contributed by atoms with Crippen LogP contribution in [0.4, 0.5) is 0 Å². The van der Waals surface area contributed by atoms with E-state index < -0.39 is 5.97 Å². The number of Topliss-reactive ketones (excluding diaryl/α,β-unsaturated/α-hetero) is 1. The van der Waals surface area contributed by atoms with Crippen LogP contribution in [0.3, 0.4) is 0 Å². The zero-order chi connectivity index (χ0) is 13.5. The third-order valence-corrected chi connectivity index (χ3v) is 4.74. The summed E-state index contributed by atoms with van der Waals surface area (Å²) < 4.78 is 0. The van der Waals surface area contributed by atoms with Crippen molar-refractivity contribution in [2.24, 2.45) is 0 Å². The summed E-state index contributed by atoms with van der Waals surface area (Å²) in [4.78, 5) is 34.0. The molecule has 0 unspecified atom stereocenters. The van der Waals surface area contributed by atoms with Crippen molar-refractivity contribution < 1.29 is 19.5 Å². The maximum atomic E-state index is 11.7. The molecule has 0 atom stereocenters. The molecule has 100 valence electrons. The predicted molar refractivity (Wildman–Crippen MR) is 72.3 cm³/mol. The highest BCUT2D eigenvalue weighted by molar-refractivity contribution is 8.23. The van der Waals surface area contributed by atoms with Crippen LogP contribution < -0.4 is 5.32 Å². The van der Waals surface area contributed by atoms with E-state index in [1.165, 1.54) is 11.8 Å². The number of rotatable bonds is 7. The Morgan fingerprint density at radius 3 is 2.56 bits per heavy atom. The molecular weight excluding hydrogens is 274 g/mol. The van der Waals surface area contributed by atoms with Gasteiger partial charge in [-0.25, -0.2) is 4.79 Å². The summed E-state index contributed by atoms with van der Waals surface area (Å²) in [5, 5.41) is 12.1. The third kappa shape index (κ3) is 4.38. The van der Waals surface area contributed by atoms with Crippen LogP contribution in [0.5, 0.6) is 0 Å². The Hall–Kier alpha value is -0.950. The molecule has 1 amide bonds. The number of carboxylic acids is 1. The largest absolute Gasteiger partial charge is 0.477 e. The highest BCUT2D eigenvalue weighted by Gasteiger charge is 2.26. The minimum absolute atomic E-state index is 0.113. The molecule has 2 N–H and O–H groups in total. The Kier molecular flexibility index (Phi) is 6.28. The topological polar surface area (TPSA) is 83.5 Å². The molecule has 0 fully saturated rings. The van der Waals surface area contributed by atoms with E-state index in [4.69, 9.17) is 5.11 Å². The number of ketones is 1. The van der Waals surface area contributed by atoms with E-state index in [-0.39, 0.29) is 21.5 Å². The van der Waals surface area contributed by atoms with Gasteiger partial charge in [0.15, 0.2) is 0 Å². The predicted octanol–water partition coefficient (Wildman–Crippen LogP) is 1.60. The van der Waals surface area contributed by atoms with Gasteiger partial charge >= 0.3 is 5.97 Å². The molecule has 0 aromatic carbocycles. The number of nitrogens with one attached hydrogen (secondary N) is 1. The van der Waals surface area contributed by atoms with Crippen LogP contribution in [0.2, 0.25) is 0 Å². The Morgan fingerprint density at radius 2 is 1.94 bits per heavy atom. The Balaban J connectivity index is 2.39. The molecular formula is C11H15NO4S2. The van der Waals surface area contributed by atoms with E-state index in [0.29, 0.717) is 30.9 Å². The molecule has 1 heterocycles. The fourth-order valence-electron chi connectivity index (χ4n) is 1.35. The molecule has 5 nitrogen and oxygen atoms in total. The quantitative estimate of drug-likeness (QED) is 0.693. The first-order valence-corrected chi connectivity index (χ1v) is 7.56. The van der Waals surface area contributed by atoms with Gasteiger partial charge in [-0.15, -0.1) is 23.5 Å². The summed E-state index contributed by atoms with van der Waals surface area (Å²) in [6.45, 7) is 2.20. The first-order chi connectivity index (χ1) is 8.56. The van der Waals surface area contributed by atoms with Crippen molar-refractivity contribution in [2.75, 3.05) is 11.6 Å². The van der Waals surface area contributed by atoms with Crippen LogP contribution >= 0.6 is 23.5 Å². The number of carbonyl (C=O) groups is 3. The second kappa shape index (κ2) is 7.48. The first-order valence-electron chi connectivity index (χ1n) is 5.59. The van der Waals surface area contributed by atoms with Crippen LogP contribution in [0.15, 0.2) is 9.81 Å². The Bertz CT molecular complexity index is 393. The lowest BCUT2D eigenvalue weighted by Gasteiger charge is -2.05. The maximum absolute atomic E-state index is 11.7. The molecule has 1 aliphatic heterocycles. The molecule has 0 aromatic heterocycles. The van der Waals surface area contributed by atoms with Crippen LogP contribution in [0.25, 0.3) is 0 Å². The van der Waals surface area contributed by atoms with E-state index in [0.717, 1.165) is 11.8 Å². The number of aliphatic carboxylic acids is 1. The van der Waals surface area contributed by atoms with Gasteiger partial charge in [-0.2, -0.15) is 0 Å². The monoisotopic (exact) mass is 289 g/mol. The maximum Gasteiger partial charge on any atom is 0.343 e. The highest BCUT2D eigenvalue weighted by Crippen LogP contribution is 2.39.